The second-order valence-electron chi connectivity index (χ2n) is 4.99. The SMILES string of the molecule is COCC(C)CNCCc1ccc2c(c1)OCCO2. The van der Waals surface area contributed by atoms with Crippen LogP contribution in [0.3, 0.4) is 0 Å². The third-order valence-corrected chi connectivity index (χ3v) is 3.14. The van der Waals surface area contributed by atoms with Gasteiger partial charge >= 0.3 is 0 Å². The van der Waals surface area contributed by atoms with Crippen LogP contribution in [0.25, 0.3) is 0 Å². The van der Waals surface area contributed by atoms with E-state index >= 15 is 0 Å². The molecular weight excluding hydrogens is 242 g/mol. The number of hydrogen-bond donors (Lipinski definition) is 1. The molecule has 0 bridgehead atoms. The maximum atomic E-state index is 5.58. The maximum Gasteiger partial charge on any atom is 0.161 e. The second-order valence-corrected chi connectivity index (χ2v) is 4.99. The van der Waals surface area contributed by atoms with Gasteiger partial charge in [-0.2, -0.15) is 0 Å². The average Bonchev–Trinajstić information content (AvgIpc) is 2.44. The number of hydrogen-bond acceptors (Lipinski definition) is 4. The fourth-order valence-corrected chi connectivity index (χ4v) is 2.17. The molecule has 1 unspecified atom stereocenters. The van der Waals surface area contributed by atoms with Crippen molar-refractivity contribution < 1.29 is 14.2 Å². The molecular formula is C15H23NO3. The fraction of sp³-hybridized carbons (Fsp3) is 0.600. The van der Waals surface area contributed by atoms with Crippen LogP contribution in [-0.2, 0) is 11.2 Å². The highest BCUT2D eigenvalue weighted by atomic mass is 16.6. The molecule has 19 heavy (non-hydrogen) atoms. The number of rotatable bonds is 7. The molecule has 2 rings (SSSR count). The number of fused-ring (bicyclic) bond motifs is 1. The summed E-state index contributed by atoms with van der Waals surface area (Å²) in [5, 5.41) is 3.45. The van der Waals surface area contributed by atoms with Gasteiger partial charge in [-0.3, -0.25) is 0 Å². The smallest absolute Gasteiger partial charge is 0.161 e. The van der Waals surface area contributed by atoms with Crippen LogP contribution in [0.4, 0.5) is 0 Å². The van der Waals surface area contributed by atoms with Gasteiger partial charge in [-0.25, -0.2) is 0 Å². The summed E-state index contributed by atoms with van der Waals surface area (Å²) in [5.74, 6) is 2.28. The molecule has 0 radical (unpaired) electrons. The molecule has 1 aromatic carbocycles. The summed E-state index contributed by atoms with van der Waals surface area (Å²) in [5.41, 5.74) is 1.27. The lowest BCUT2D eigenvalue weighted by atomic mass is 10.1. The van der Waals surface area contributed by atoms with Crippen LogP contribution in [0, 0.1) is 5.92 Å². The van der Waals surface area contributed by atoms with Crippen molar-refractivity contribution in [3.05, 3.63) is 23.8 Å². The van der Waals surface area contributed by atoms with E-state index in [1.165, 1.54) is 5.56 Å². The minimum atomic E-state index is 0.547. The first kappa shape index (κ1) is 14.2. The predicted molar refractivity (Wildman–Crippen MR) is 75.0 cm³/mol. The Labute approximate surface area is 115 Å². The zero-order chi connectivity index (χ0) is 13.5. The van der Waals surface area contributed by atoms with Crippen molar-refractivity contribution >= 4 is 0 Å². The molecule has 0 saturated carbocycles. The predicted octanol–water partition coefficient (Wildman–Crippen LogP) is 1.87. The molecule has 1 aromatic rings. The summed E-state index contributed by atoms with van der Waals surface area (Å²) in [7, 11) is 1.74. The van der Waals surface area contributed by atoms with Crippen LogP contribution < -0.4 is 14.8 Å². The van der Waals surface area contributed by atoms with E-state index in [2.05, 4.69) is 24.4 Å². The van der Waals surface area contributed by atoms with Crippen molar-refractivity contribution in [2.75, 3.05) is 40.0 Å². The van der Waals surface area contributed by atoms with E-state index in [4.69, 9.17) is 14.2 Å². The molecule has 1 N–H and O–H groups in total. The lowest BCUT2D eigenvalue weighted by Crippen LogP contribution is -2.25. The van der Waals surface area contributed by atoms with Crippen molar-refractivity contribution in [1.82, 2.24) is 5.32 Å². The zero-order valence-corrected chi connectivity index (χ0v) is 11.8. The Hall–Kier alpha value is -1.26. The molecule has 1 heterocycles. The molecule has 1 atom stereocenters. The summed E-state index contributed by atoms with van der Waals surface area (Å²) in [4.78, 5) is 0. The number of benzene rings is 1. The number of methoxy groups -OCH3 is 1. The van der Waals surface area contributed by atoms with Gasteiger partial charge in [0, 0.05) is 13.7 Å². The van der Waals surface area contributed by atoms with E-state index in [0.29, 0.717) is 19.1 Å². The van der Waals surface area contributed by atoms with Crippen LogP contribution in [0.5, 0.6) is 11.5 Å². The van der Waals surface area contributed by atoms with Crippen molar-refractivity contribution in [3.8, 4) is 11.5 Å². The highest BCUT2D eigenvalue weighted by Crippen LogP contribution is 2.30. The van der Waals surface area contributed by atoms with Crippen molar-refractivity contribution in [2.45, 2.75) is 13.3 Å². The van der Waals surface area contributed by atoms with E-state index in [9.17, 15) is 0 Å². The van der Waals surface area contributed by atoms with E-state index in [1.54, 1.807) is 7.11 Å². The Bertz CT molecular complexity index is 395. The largest absolute Gasteiger partial charge is 0.486 e. The lowest BCUT2D eigenvalue weighted by molar-refractivity contribution is 0.158. The molecule has 4 nitrogen and oxygen atoms in total. The Morgan fingerprint density at radius 1 is 1.26 bits per heavy atom. The van der Waals surface area contributed by atoms with Crippen molar-refractivity contribution in [3.63, 3.8) is 0 Å². The first-order chi connectivity index (χ1) is 9.29. The summed E-state index contributed by atoms with van der Waals surface area (Å²) in [6.45, 7) is 6.22. The molecule has 0 aliphatic carbocycles. The summed E-state index contributed by atoms with van der Waals surface area (Å²) in [6.07, 6.45) is 0.996. The van der Waals surface area contributed by atoms with Crippen LogP contribution in [0.15, 0.2) is 18.2 Å². The van der Waals surface area contributed by atoms with Crippen LogP contribution >= 0.6 is 0 Å². The molecule has 0 spiro atoms. The second kappa shape index (κ2) is 7.36. The van der Waals surface area contributed by atoms with Gasteiger partial charge in [0.25, 0.3) is 0 Å². The highest BCUT2D eigenvalue weighted by Gasteiger charge is 2.11. The molecule has 1 aliphatic rings. The quantitative estimate of drug-likeness (QED) is 0.764. The summed E-state index contributed by atoms with van der Waals surface area (Å²) >= 11 is 0. The molecule has 0 aromatic heterocycles. The van der Waals surface area contributed by atoms with Crippen LogP contribution in [0.2, 0.25) is 0 Å². The van der Waals surface area contributed by atoms with E-state index in [1.807, 2.05) is 6.07 Å². The van der Waals surface area contributed by atoms with E-state index < -0.39 is 0 Å². The van der Waals surface area contributed by atoms with Gasteiger partial charge in [0.2, 0.25) is 0 Å². The maximum absolute atomic E-state index is 5.58. The average molecular weight is 265 g/mol. The molecule has 1 aliphatic heterocycles. The van der Waals surface area contributed by atoms with Gasteiger partial charge in [-0.15, -0.1) is 0 Å². The van der Waals surface area contributed by atoms with Gasteiger partial charge in [-0.1, -0.05) is 13.0 Å². The molecule has 0 amide bonds. The molecule has 4 heteroatoms. The van der Waals surface area contributed by atoms with Gasteiger partial charge in [-0.05, 0) is 43.1 Å². The topological polar surface area (TPSA) is 39.7 Å². The Kier molecular flexibility index (Phi) is 5.48. The summed E-state index contributed by atoms with van der Waals surface area (Å²) in [6, 6.07) is 6.18. The van der Waals surface area contributed by atoms with Gasteiger partial charge in [0.05, 0.1) is 0 Å². The normalized spacial score (nSPS) is 15.3. The molecule has 0 fully saturated rings. The van der Waals surface area contributed by atoms with Crippen molar-refractivity contribution in [1.29, 1.82) is 0 Å². The molecule has 0 saturated heterocycles. The highest BCUT2D eigenvalue weighted by molar-refractivity contribution is 5.43. The third-order valence-electron chi connectivity index (χ3n) is 3.14. The summed E-state index contributed by atoms with van der Waals surface area (Å²) < 4.78 is 16.2. The van der Waals surface area contributed by atoms with Gasteiger partial charge in [0.15, 0.2) is 11.5 Å². The van der Waals surface area contributed by atoms with Crippen LogP contribution in [0.1, 0.15) is 12.5 Å². The van der Waals surface area contributed by atoms with Crippen LogP contribution in [-0.4, -0.2) is 40.0 Å². The first-order valence-corrected chi connectivity index (χ1v) is 6.88. The minimum Gasteiger partial charge on any atom is -0.486 e. The fourth-order valence-electron chi connectivity index (χ4n) is 2.17. The minimum absolute atomic E-state index is 0.547. The number of nitrogens with one attached hydrogen (secondary N) is 1. The third kappa shape index (κ3) is 4.40. The standard InChI is InChI=1S/C15H23NO3/c1-12(11-17-2)10-16-6-5-13-3-4-14-15(9-13)19-8-7-18-14/h3-4,9,12,16H,5-8,10-11H2,1-2H3. The van der Waals surface area contributed by atoms with E-state index in [-0.39, 0.29) is 0 Å². The van der Waals surface area contributed by atoms with E-state index in [0.717, 1.165) is 37.6 Å². The Morgan fingerprint density at radius 3 is 2.84 bits per heavy atom. The van der Waals surface area contributed by atoms with Gasteiger partial charge < -0.3 is 19.5 Å². The molecule has 106 valence electrons. The monoisotopic (exact) mass is 265 g/mol. The van der Waals surface area contributed by atoms with Gasteiger partial charge in [0.1, 0.15) is 13.2 Å². The lowest BCUT2D eigenvalue weighted by Gasteiger charge is -2.19. The Balaban J connectivity index is 1.74. The first-order valence-electron chi connectivity index (χ1n) is 6.88. The zero-order valence-electron chi connectivity index (χ0n) is 11.8. The Morgan fingerprint density at radius 2 is 2.05 bits per heavy atom. The van der Waals surface area contributed by atoms with Crippen molar-refractivity contribution in [2.24, 2.45) is 5.92 Å². The number of ether oxygens (including phenoxy) is 3.